The molecule has 1 fully saturated rings. The number of carbonyl (C=O) groups is 1. The van der Waals surface area contributed by atoms with E-state index in [9.17, 15) is 4.79 Å². The topological polar surface area (TPSA) is 64.8 Å². The van der Waals surface area contributed by atoms with Gasteiger partial charge in [0.2, 0.25) is 12.7 Å². The molecule has 6 nitrogen and oxygen atoms in total. The van der Waals surface area contributed by atoms with Gasteiger partial charge < -0.3 is 18.9 Å². The lowest BCUT2D eigenvalue weighted by Gasteiger charge is -2.40. The summed E-state index contributed by atoms with van der Waals surface area (Å²) in [5.41, 5.74) is 1.23. The van der Waals surface area contributed by atoms with Crippen LogP contribution in [0.15, 0.2) is 35.0 Å². The normalized spacial score (nSPS) is 22.9. The Balaban J connectivity index is 1.48. The van der Waals surface area contributed by atoms with Gasteiger partial charge in [0.05, 0.1) is 12.7 Å². The number of nitrogens with zero attached hydrogens (tertiary/aromatic N) is 2. The molecule has 1 saturated heterocycles. The summed E-state index contributed by atoms with van der Waals surface area (Å²) in [6, 6.07) is 7.89. The molecule has 0 radical (unpaired) electrons. The number of carbonyl (C=O) groups excluding carboxylic acids is 1. The summed E-state index contributed by atoms with van der Waals surface area (Å²) >= 11 is 0. The van der Waals surface area contributed by atoms with Crippen LogP contribution in [0.4, 0.5) is 0 Å². The molecule has 2 aliphatic rings. The molecule has 0 aliphatic carbocycles. The molecule has 24 heavy (non-hydrogen) atoms. The van der Waals surface area contributed by atoms with Crippen LogP contribution in [-0.4, -0.2) is 29.3 Å². The first-order valence-corrected chi connectivity index (χ1v) is 8.17. The fraction of sp³-hybridized carbons (Fsp3) is 0.444. The average molecular weight is 328 g/mol. The molecule has 2 aliphatic heterocycles. The molecule has 0 bridgehead atoms. The Morgan fingerprint density at radius 1 is 1.25 bits per heavy atom. The Hall–Kier alpha value is -2.50. The number of hydrogen-bond acceptors (Lipinski definition) is 5. The molecule has 0 spiro atoms. The lowest BCUT2D eigenvalue weighted by atomic mass is 9.76. The minimum Gasteiger partial charge on any atom is -0.454 e. The van der Waals surface area contributed by atoms with Gasteiger partial charge in [-0.1, -0.05) is 18.1 Å². The highest BCUT2D eigenvalue weighted by Crippen LogP contribution is 2.38. The van der Waals surface area contributed by atoms with Gasteiger partial charge in [-0.05, 0) is 36.0 Å². The first-order chi connectivity index (χ1) is 11.6. The molecule has 4 rings (SSSR count). The number of likely N-dealkylation sites (tertiary alicyclic amines) is 1. The fourth-order valence-corrected chi connectivity index (χ4v) is 3.54. The van der Waals surface area contributed by atoms with E-state index in [1.807, 2.05) is 17.0 Å². The lowest BCUT2D eigenvalue weighted by Crippen LogP contribution is -2.45. The zero-order valence-corrected chi connectivity index (χ0v) is 13.7. The summed E-state index contributed by atoms with van der Waals surface area (Å²) in [5.74, 6) is 2.50. The summed E-state index contributed by atoms with van der Waals surface area (Å²) in [7, 11) is 0. The first-order valence-electron chi connectivity index (χ1n) is 8.17. The van der Waals surface area contributed by atoms with E-state index in [-0.39, 0.29) is 18.1 Å². The van der Waals surface area contributed by atoms with E-state index in [1.54, 1.807) is 12.3 Å². The highest BCUT2D eigenvalue weighted by atomic mass is 16.7. The van der Waals surface area contributed by atoms with Crippen molar-refractivity contribution < 1.29 is 18.8 Å². The summed E-state index contributed by atoms with van der Waals surface area (Å²) in [6.07, 6.45) is 3.95. The molecule has 1 aromatic heterocycles. The van der Waals surface area contributed by atoms with Gasteiger partial charge in [0, 0.05) is 19.0 Å². The van der Waals surface area contributed by atoms with Crippen LogP contribution in [0.3, 0.4) is 0 Å². The molecule has 6 heteroatoms. The number of benzene rings is 1. The van der Waals surface area contributed by atoms with Crippen LogP contribution in [0, 0.1) is 5.41 Å². The summed E-state index contributed by atoms with van der Waals surface area (Å²) in [5, 5.41) is 3.71. The zero-order chi connectivity index (χ0) is 16.6. The van der Waals surface area contributed by atoms with Crippen LogP contribution in [0.5, 0.6) is 11.5 Å². The minimum absolute atomic E-state index is 0.0294. The molecule has 2 aromatic rings. The lowest BCUT2D eigenvalue weighted by molar-refractivity contribution is -0.138. The molecule has 3 heterocycles. The Bertz CT molecular complexity index is 743. The van der Waals surface area contributed by atoms with Gasteiger partial charge in [-0.15, -0.1) is 0 Å². The maximum absolute atomic E-state index is 12.2. The second-order valence-electron chi connectivity index (χ2n) is 6.90. The molecule has 0 unspecified atom stereocenters. The third kappa shape index (κ3) is 2.96. The van der Waals surface area contributed by atoms with Crippen molar-refractivity contribution in [2.24, 2.45) is 5.41 Å². The quantitative estimate of drug-likeness (QED) is 0.863. The number of ether oxygens (including phenoxy) is 2. The molecule has 126 valence electrons. The predicted octanol–water partition coefficient (Wildman–Crippen LogP) is 2.77. The molecular formula is C18H20N2O4. The second-order valence-corrected chi connectivity index (χ2v) is 6.90. The summed E-state index contributed by atoms with van der Waals surface area (Å²) < 4.78 is 16.0. The molecule has 0 saturated carbocycles. The van der Waals surface area contributed by atoms with Crippen molar-refractivity contribution in [3.05, 3.63) is 41.8 Å². The number of rotatable bonds is 4. The number of fused-ring (bicyclic) bond motifs is 1. The predicted molar refractivity (Wildman–Crippen MR) is 85.5 cm³/mol. The molecular weight excluding hydrogens is 308 g/mol. The van der Waals surface area contributed by atoms with E-state index in [4.69, 9.17) is 14.0 Å². The zero-order valence-electron chi connectivity index (χ0n) is 13.7. The van der Waals surface area contributed by atoms with E-state index in [0.29, 0.717) is 19.5 Å². The molecule has 1 amide bonds. The number of aromatic nitrogens is 1. The van der Waals surface area contributed by atoms with E-state index in [0.717, 1.165) is 30.1 Å². The van der Waals surface area contributed by atoms with Gasteiger partial charge in [-0.25, -0.2) is 0 Å². The van der Waals surface area contributed by atoms with Crippen molar-refractivity contribution in [2.45, 2.75) is 32.7 Å². The van der Waals surface area contributed by atoms with Crippen molar-refractivity contribution in [1.29, 1.82) is 0 Å². The van der Waals surface area contributed by atoms with Crippen molar-refractivity contribution in [1.82, 2.24) is 10.1 Å². The van der Waals surface area contributed by atoms with Crippen molar-refractivity contribution >= 4 is 5.91 Å². The van der Waals surface area contributed by atoms with Gasteiger partial charge in [0.15, 0.2) is 17.3 Å². The summed E-state index contributed by atoms with van der Waals surface area (Å²) in [4.78, 5) is 14.1. The largest absolute Gasteiger partial charge is 0.454 e. The van der Waals surface area contributed by atoms with Crippen LogP contribution in [0.1, 0.15) is 31.1 Å². The first kappa shape index (κ1) is 15.1. The minimum atomic E-state index is 0.0294. The number of hydrogen-bond donors (Lipinski definition) is 0. The van der Waals surface area contributed by atoms with Crippen molar-refractivity contribution in [3.8, 4) is 11.5 Å². The van der Waals surface area contributed by atoms with Gasteiger partial charge in [0.25, 0.3) is 0 Å². The van der Waals surface area contributed by atoms with Gasteiger partial charge in [-0.3, -0.25) is 4.79 Å². The van der Waals surface area contributed by atoms with E-state index >= 15 is 0 Å². The van der Waals surface area contributed by atoms with Crippen LogP contribution >= 0.6 is 0 Å². The smallest absolute Gasteiger partial charge is 0.231 e. The van der Waals surface area contributed by atoms with Gasteiger partial charge in [0.1, 0.15) is 0 Å². The van der Waals surface area contributed by atoms with E-state index in [1.165, 1.54) is 5.56 Å². The van der Waals surface area contributed by atoms with E-state index < -0.39 is 0 Å². The van der Waals surface area contributed by atoms with Gasteiger partial charge >= 0.3 is 0 Å². The molecule has 1 atom stereocenters. The Kier molecular flexibility index (Phi) is 3.67. The summed E-state index contributed by atoms with van der Waals surface area (Å²) in [6.45, 7) is 3.71. The Morgan fingerprint density at radius 2 is 2.12 bits per heavy atom. The average Bonchev–Trinajstić information content (AvgIpc) is 3.22. The fourth-order valence-electron chi connectivity index (χ4n) is 3.54. The SMILES string of the molecule is C[C@]1(Cc2ccc3c(c2)OCO3)CCC(=O)N(Cc2ccno2)C1. The van der Waals surface area contributed by atoms with Crippen LogP contribution in [0.2, 0.25) is 0 Å². The van der Waals surface area contributed by atoms with Crippen LogP contribution in [0.25, 0.3) is 0 Å². The van der Waals surface area contributed by atoms with E-state index in [2.05, 4.69) is 18.1 Å². The highest BCUT2D eigenvalue weighted by molar-refractivity contribution is 5.77. The second kappa shape index (κ2) is 5.85. The third-order valence-corrected chi connectivity index (χ3v) is 4.77. The standard InChI is InChI=1S/C18H20N2O4/c1-18(9-13-2-3-15-16(8-13)23-12-22-15)6-4-17(21)20(11-18)10-14-5-7-19-24-14/h2-3,5,7-8H,4,6,9-12H2,1H3/t18-/m1/s1. The highest BCUT2D eigenvalue weighted by Gasteiger charge is 2.35. The molecule has 1 aromatic carbocycles. The maximum Gasteiger partial charge on any atom is 0.231 e. The number of amides is 1. The van der Waals surface area contributed by atoms with Gasteiger partial charge in [-0.2, -0.15) is 0 Å². The van der Waals surface area contributed by atoms with Crippen molar-refractivity contribution in [2.75, 3.05) is 13.3 Å². The van der Waals surface area contributed by atoms with Crippen molar-refractivity contribution in [3.63, 3.8) is 0 Å². The third-order valence-electron chi connectivity index (χ3n) is 4.77. The number of piperidine rings is 1. The van der Waals surface area contributed by atoms with Crippen LogP contribution in [-0.2, 0) is 17.8 Å². The maximum atomic E-state index is 12.2. The molecule has 0 N–H and O–H groups in total. The monoisotopic (exact) mass is 328 g/mol. The Labute approximate surface area is 140 Å². The Morgan fingerprint density at radius 3 is 2.96 bits per heavy atom. The van der Waals surface area contributed by atoms with Crippen LogP contribution < -0.4 is 9.47 Å².